The van der Waals surface area contributed by atoms with E-state index < -0.39 is 0 Å². The summed E-state index contributed by atoms with van der Waals surface area (Å²) in [5, 5.41) is 1.19. The molecular formula is C10H16ClN3S. The molecule has 0 atom stereocenters. The van der Waals surface area contributed by atoms with Crippen LogP contribution in [0, 0.1) is 0 Å². The molecule has 0 radical (unpaired) electrons. The van der Waals surface area contributed by atoms with Crippen molar-refractivity contribution in [2.45, 2.75) is 31.5 Å². The Kier molecular flexibility index (Phi) is 3.84. The lowest BCUT2D eigenvalue weighted by Gasteiger charge is -2.33. The van der Waals surface area contributed by atoms with Crippen LogP contribution in [-0.2, 0) is 0 Å². The van der Waals surface area contributed by atoms with E-state index in [9.17, 15) is 0 Å². The lowest BCUT2D eigenvalue weighted by molar-refractivity contribution is 0.531. The average Bonchev–Trinajstić information content (AvgIpc) is 2.14. The van der Waals surface area contributed by atoms with E-state index in [2.05, 4.69) is 35.6 Å². The van der Waals surface area contributed by atoms with Crippen LogP contribution in [0.3, 0.4) is 0 Å². The third kappa shape index (κ3) is 3.24. The number of aromatic nitrogens is 2. The molecule has 0 spiro atoms. The van der Waals surface area contributed by atoms with Gasteiger partial charge in [-0.05, 0) is 27.0 Å². The smallest absolute Gasteiger partial charge is 0.190 e. The van der Waals surface area contributed by atoms with Gasteiger partial charge in [-0.25, -0.2) is 9.97 Å². The van der Waals surface area contributed by atoms with Crippen LogP contribution in [0.15, 0.2) is 11.2 Å². The van der Waals surface area contributed by atoms with Crippen molar-refractivity contribution in [2.75, 3.05) is 18.2 Å². The van der Waals surface area contributed by atoms with Crippen molar-refractivity contribution in [3.8, 4) is 0 Å². The van der Waals surface area contributed by atoms with Crippen LogP contribution in [0.4, 0.5) is 5.82 Å². The molecule has 0 aliphatic heterocycles. The van der Waals surface area contributed by atoms with Gasteiger partial charge in [0.05, 0.1) is 0 Å². The van der Waals surface area contributed by atoms with Crippen LogP contribution in [-0.4, -0.2) is 28.8 Å². The Balaban J connectivity index is 3.09. The fourth-order valence-corrected chi connectivity index (χ4v) is 1.59. The maximum absolute atomic E-state index is 5.93. The van der Waals surface area contributed by atoms with E-state index >= 15 is 0 Å². The third-order valence-electron chi connectivity index (χ3n) is 2.19. The van der Waals surface area contributed by atoms with E-state index in [1.165, 1.54) is 11.8 Å². The second-order valence-electron chi connectivity index (χ2n) is 4.27. The quantitative estimate of drug-likeness (QED) is 0.455. The number of hydrogen-bond acceptors (Lipinski definition) is 4. The van der Waals surface area contributed by atoms with Crippen LogP contribution in [0.25, 0.3) is 0 Å². The Hall–Kier alpha value is -0.480. The third-order valence-corrected chi connectivity index (χ3v) is 2.93. The van der Waals surface area contributed by atoms with Gasteiger partial charge in [0.15, 0.2) is 5.16 Å². The van der Waals surface area contributed by atoms with Gasteiger partial charge in [0.2, 0.25) is 0 Å². The van der Waals surface area contributed by atoms with Gasteiger partial charge in [0.1, 0.15) is 11.0 Å². The Bertz CT molecular complexity index is 349. The minimum atomic E-state index is 0.0212. The van der Waals surface area contributed by atoms with Crippen molar-refractivity contribution < 1.29 is 0 Å². The summed E-state index contributed by atoms with van der Waals surface area (Å²) < 4.78 is 0. The van der Waals surface area contributed by atoms with Crippen molar-refractivity contribution in [3.63, 3.8) is 0 Å². The standard InChI is InChI=1S/C10H16ClN3S/c1-10(2,3)14(4)8-6-7(11)12-9(13-8)15-5/h6H,1-5H3. The first-order valence-electron chi connectivity index (χ1n) is 4.67. The maximum atomic E-state index is 5.93. The van der Waals surface area contributed by atoms with Crippen LogP contribution in [0.2, 0.25) is 5.15 Å². The summed E-state index contributed by atoms with van der Waals surface area (Å²) in [5.41, 5.74) is 0.0212. The van der Waals surface area contributed by atoms with E-state index in [4.69, 9.17) is 11.6 Å². The summed E-state index contributed by atoms with van der Waals surface area (Å²) in [7, 11) is 2.00. The zero-order chi connectivity index (χ0) is 11.6. The van der Waals surface area contributed by atoms with Gasteiger partial charge in [-0.1, -0.05) is 23.4 Å². The fraction of sp³-hybridized carbons (Fsp3) is 0.600. The molecule has 0 saturated heterocycles. The van der Waals surface area contributed by atoms with Crippen molar-refractivity contribution in [1.82, 2.24) is 9.97 Å². The van der Waals surface area contributed by atoms with E-state index in [0.29, 0.717) is 10.3 Å². The Morgan fingerprint density at radius 2 is 1.93 bits per heavy atom. The number of thioether (sulfide) groups is 1. The number of anilines is 1. The second kappa shape index (κ2) is 4.58. The van der Waals surface area contributed by atoms with Crippen LogP contribution < -0.4 is 4.90 Å². The molecule has 5 heteroatoms. The first kappa shape index (κ1) is 12.6. The molecule has 1 aromatic heterocycles. The van der Waals surface area contributed by atoms with E-state index in [0.717, 1.165) is 5.82 Å². The van der Waals surface area contributed by atoms with Gasteiger partial charge < -0.3 is 4.90 Å². The Morgan fingerprint density at radius 3 is 2.40 bits per heavy atom. The monoisotopic (exact) mass is 245 g/mol. The minimum Gasteiger partial charge on any atom is -0.355 e. The van der Waals surface area contributed by atoms with Gasteiger partial charge in [0.25, 0.3) is 0 Å². The predicted octanol–water partition coefficient (Wildman–Crippen LogP) is 3.09. The van der Waals surface area contributed by atoms with Gasteiger partial charge in [-0.2, -0.15) is 0 Å². The molecule has 0 unspecified atom stereocenters. The number of rotatable bonds is 2. The normalized spacial score (nSPS) is 11.6. The zero-order valence-corrected chi connectivity index (χ0v) is 11.3. The number of hydrogen-bond donors (Lipinski definition) is 0. The van der Waals surface area contributed by atoms with Crippen LogP contribution >= 0.6 is 23.4 Å². The highest BCUT2D eigenvalue weighted by Crippen LogP contribution is 2.24. The highest BCUT2D eigenvalue weighted by Gasteiger charge is 2.19. The van der Waals surface area contributed by atoms with Crippen molar-refractivity contribution in [3.05, 3.63) is 11.2 Å². The van der Waals surface area contributed by atoms with Gasteiger partial charge in [-0.15, -0.1) is 0 Å². The first-order valence-corrected chi connectivity index (χ1v) is 6.27. The second-order valence-corrected chi connectivity index (χ2v) is 5.43. The summed E-state index contributed by atoms with van der Waals surface area (Å²) in [4.78, 5) is 10.6. The largest absolute Gasteiger partial charge is 0.355 e. The predicted molar refractivity (Wildman–Crippen MR) is 67.0 cm³/mol. The van der Waals surface area contributed by atoms with Crippen molar-refractivity contribution >= 4 is 29.2 Å². The Morgan fingerprint density at radius 1 is 1.33 bits per heavy atom. The lowest BCUT2D eigenvalue weighted by atomic mass is 10.1. The number of nitrogens with zero attached hydrogens (tertiary/aromatic N) is 3. The fourth-order valence-electron chi connectivity index (χ4n) is 0.992. The molecule has 0 bridgehead atoms. The SMILES string of the molecule is CSc1nc(Cl)cc(N(C)C(C)(C)C)n1. The summed E-state index contributed by atoms with van der Waals surface area (Å²) in [6.07, 6.45) is 1.94. The molecule has 0 aliphatic carbocycles. The molecule has 0 amide bonds. The highest BCUT2D eigenvalue weighted by atomic mass is 35.5. The molecular weight excluding hydrogens is 230 g/mol. The Labute approximate surface area is 100 Å². The summed E-state index contributed by atoms with van der Waals surface area (Å²) in [5.74, 6) is 0.854. The van der Waals surface area contributed by atoms with Gasteiger partial charge >= 0.3 is 0 Å². The molecule has 0 N–H and O–H groups in total. The summed E-state index contributed by atoms with van der Waals surface area (Å²) in [6, 6.07) is 1.78. The van der Waals surface area contributed by atoms with Crippen LogP contribution in [0.1, 0.15) is 20.8 Å². The molecule has 1 rings (SSSR count). The van der Waals surface area contributed by atoms with Crippen molar-refractivity contribution in [1.29, 1.82) is 0 Å². The maximum Gasteiger partial charge on any atom is 0.190 e. The minimum absolute atomic E-state index is 0.0212. The molecule has 0 aromatic carbocycles. The topological polar surface area (TPSA) is 29.0 Å². The molecule has 3 nitrogen and oxygen atoms in total. The average molecular weight is 246 g/mol. The zero-order valence-electron chi connectivity index (χ0n) is 9.71. The molecule has 1 heterocycles. The summed E-state index contributed by atoms with van der Waals surface area (Å²) >= 11 is 7.42. The summed E-state index contributed by atoms with van der Waals surface area (Å²) in [6.45, 7) is 6.38. The number of halogens is 1. The molecule has 0 saturated carbocycles. The van der Waals surface area contributed by atoms with E-state index in [1.54, 1.807) is 6.07 Å². The first-order chi connectivity index (χ1) is 6.84. The van der Waals surface area contributed by atoms with Crippen LogP contribution in [0.5, 0.6) is 0 Å². The highest BCUT2D eigenvalue weighted by molar-refractivity contribution is 7.98. The molecule has 84 valence electrons. The van der Waals surface area contributed by atoms with Gasteiger partial charge in [-0.3, -0.25) is 0 Å². The van der Waals surface area contributed by atoms with E-state index in [-0.39, 0.29) is 5.54 Å². The molecule has 0 fully saturated rings. The van der Waals surface area contributed by atoms with E-state index in [1.807, 2.05) is 13.3 Å². The molecule has 0 aliphatic rings. The molecule has 15 heavy (non-hydrogen) atoms. The van der Waals surface area contributed by atoms with Crippen molar-refractivity contribution in [2.24, 2.45) is 0 Å². The lowest BCUT2D eigenvalue weighted by Crippen LogP contribution is -2.38. The molecule has 1 aromatic rings. The van der Waals surface area contributed by atoms with Gasteiger partial charge in [0, 0.05) is 18.7 Å².